The van der Waals surface area contributed by atoms with Crippen molar-refractivity contribution in [3.8, 4) is 44.5 Å². The lowest BCUT2D eigenvalue weighted by atomic mass is 9.82. The van der Waals surface area contributed by atoms with Crippen LogP contribution < -0.4 is 4.90 Å². The lowest BCUT2D eigenvalue weighted by Crippen LogP contribution is -2.14. The van der Waals surface area contributed by atoms with Crippen molar-refractivity contribution in [2.75, 3.05) is 4.90 Å². The molecule has 1 aliphatic rings. The second-order valence-electron chi connectivity index (χ2n) is 16.5. The van der Waals surface area contributed by atoms with E-state index in [1.165, 1.54) is 93.7 Å². The van der Waals surface area contributed by atoms with E-state index in [9.17, 15) is 0 Å². The van der Waals surface area contributed by atoms with Gasteiger partial charge in [-0.3, -0.25) is 0 Å². The van der Waals surface area contributed by atoms with Crippen molar-refractivity contribution < 1.29 is 0 Å². The highest BCUT2D eigenvalue weighted by Crippen LogP contribution is 2.52. The predicted octanol–water partition coefficient (Wildman–Crippen LogP) is 15.6. The van der Waals surface area contributed by atoms with Crippen LogP contribution in [0.4, 0.5) is 17.1 Å². The molecule has 59 heavy (non-hydrogen) atoms. The van der Waals surface area contributed by atoms with Crippen molar-refractivity contribution in [2.45, 2.75) is 19.3 Å². The van der Waals surface area contributed by atoms with Crippen LogP contribution in [-0.4, -0.2) is 4.40 Å². The van der Waals surface area contributed by atoms with Crippen LogP contribution in [0.25, 0.3) is 82.6 Å². The number of nitrogens with zero attached hydrogens (tertiary/aromatic N) is 2. The van der Waals surface area contributed by atoms with Gasteiger partial charge in [-0.05, 0) is 92.5 Å². The standard InChI is InChI=1S/C57H40N2/c1-57(2)51-22-8-6-16-50(51)54-44(17-12-23-52(54)57)39-27-33-42(34-28-39)58(41-31-25-38(26-32-41)37-13-4-3-5-14-37)43-35-29-40(30-36-43)45-18-10-20-48-49-21-11-19-47-46-15-7-9-24-53(46)59(55(45)48)56(47)49/h3-36H,1-2H3. The summed E-state index contributed by atoms with van der Waals surface area (Å²) >= 11 is 0. The van der Waals surface area contributed by atoms with Crippen LogP contribution in [0, 0.1) is 0 Å². The molecule has 0 saturated carbocycles. The van der Waals surface area contributed by atoms with E-state index in [2.05, 4.69) is 229 Å². The molecule has 0 saturated heterocycles. The monoisotopic (exact) mass is 752 g/mol. The summed E-state index contributed by atoms with van der Waals surface area (Å²) in [6, 6.07) is 75.9. The van der Waals surface area contributed by atoms with Gasteiger partial charge in [0, 0.05) is 49.6 Å². The van der Waals surface area contributed by atoms with Gasteiger partial charge in [-0.25, -0.2) is 0 Å². The van der Waals surface area contributed by atoms with E-state index in [0.717, 1.165) is 17.1 Å². The maximum absolute atomic E-state index is 2.49. The second kappa shape index (κ2) is 12.8. The van der Waals surface area contributed by atoms with Crippen molar-refractivity contribution in [3.63, 3.8) is 0 Å². The number of rotatable bonds is 6. The van der Waals surface area contributed by atoms with Crippen LogP contribution in [0.1, 0.15) is 25.0 Å². The molecule has 2 nitrogen and oxygen atoms in total. The second-order valence-corrected chi connectivity index (χ2v) is 16.5. The lowest BCUT2D eigenvalue weighted by Gasteiger charge is -2.26. The molecule has 12 rings (SSSR count). The molecule has 0 spiro atoms. The molecule has 2 heteroatoms. The molecule has 2 aromatic heterocycles. The summed E-state index contributed by atoms with van der Waals surface area (Å²) in [5.74, 6) is 0. The summed E-state index contributed by atoms with van der Waals surface area (Å²) in [4.78, 5) is 2.38. The summed E-state index contributed by atoms with van der Waals surface area (Å²) in [7, 11) is 0. The van der Waals surface area contributed by atoms with Gasteiger partial charge < -0.3 is 9.30 Å². The summed E-state index contributed by atoms with van der Waals surface area (Å²) < 4.78 is 2.49. The SMILES string of the molecule is CC1(C)c2ccccc2-c2c(-c3ccc(N(c4ccc(-c5ccccc5)cc4)c4ccc(-c5cccc6c7cccc8c9ccccc9n(c56)c87)cc4)cc3)cccc21. The van der Waals surface area contributed by atoms with Gasteiger partial charge >= 0.3 is 0 Å². The Kier molecular flexibility index (Phi) is 7.31. The van der Waals surface area contributed by atoms with E-state index < -0.39 is 0 Å². The Morgan fingerprint density at radius 3 is 1.51 bits per heavy atom. The fourth-order valence-corrected chi connectivity index (χ4v) is 10.2. The zero-order valence-electron chi connectivity index (χ0n) is 33.0. The Hall–Kier alpha value is -7.42. The van der Waals surface area contributed by atoms with Gasteiger partial charge in [-0.2, -0.15) is 0 Å². The van der Waals surface area contributed by atoms with E-state index in [4.69, 9.17) is 0 Å². The smallest absolute Gasteiger partial charge is 0.0620 e. The molecule has 0 bridgehead atoms. The van der Waals surface area contributed by atoms with Crippen LogP contribution in [-0.2, 0) is 5.41 Å². The van der Waals surface area contributed by atoms with Gasteiger partial charge in [0.25, 0.3) is 0 Å². The van der Waals surface area contributed by atoms with E-state index in [0.29, 0.717) is 0 Å². The van der Waals surface area contributed by atoms with Gasteiger partial charge in [0.05, 0.1) is 16.6 Å². The summed E-state index contributed by atoms with van der Waals surface area (Å²) in [6.45, 7) is 4.70. The summed E-state index contributed by atoms with van der Waals surface area (Å²) in [5, 5.41) is 5.19. The third-order valence-corrected chi connectivity index (χ3v) is 13.0. The summed E-state index contributed by atoms with van der Waals surface area (Å²) in [5.41, 5.74) is 19.9. The molecular formula is C57H40N2. The number of para-hydroxylation sites is 3. The van der Waals surface area contributed by atoms with Crippen molar-refractivity contribution in [3.05, 3.63) is 217 Å². The number of aromatic nitrogens is 1. The molecule has 0 N–H and O–H groups in total. The highest BCUT2D eigenvalue weighted by Gasteiger charge is 2.36. The maximum Gasteiger partial charge on any atom is 0.0620 e. The van der Waals surface area contributed by atoms with Gasteiger partial charge in [-0.1, -0.05) is 178 Å². The van der Waals surface area contributed by atoms with Gasteiger partial charge in [0.2, 0.25) is 0 Å². The van der Waals surface area contributed by atoms with E-state index >= 15 is 0 Å². The van der Waals surface area contributed by atoms with Crippen molar-refractivity contribution in [1.29, 1.82) is 0 Å². The number of anilines is 3. The van der Waals surface area contributed by atoms with E-state index in [1.807, 2.05) is 0 Å². The third kappa shape index (κ3) is 5.00. The Bertz CT molecular complexity index is 3370. The number of fused-ring (bicyclic) bond motifs is 9. The molecule has 0 fully saturated rings. The first-order valence-electron chi connectivity index (χ1n) is 20.6. The minimum atomic E-state index is -0.0392. The molecular weight excluding hydrogens is 713 g/mol. The molecule has 2 heterocycles. The average molecular weight is 753 g/mol. The normalized spacial score (nSPS) is 13.1. The first kappa shape index (κ1) is 33.7. The van der Waals surface area contributed by atoms with E-state index in [1.54, 1.807) is 0 Å². The van der Waals surface area contributed by atoms with Crippen molar-refractivity contribution in [2.24, 2.45) is 0 Å². The molecule has 0 aliphatic heterocycles. The first-order chi connectivity index (χ1) is 29.0. The third-order valence-electron chi connectivity index (χ3n) is 13.0. The highest BCUT2D eigenvalue weighted by atomic mass is 15.1. The molecule has 278 valence electrons. The Morgan fingerprint density at radius 2 is 0.797 bits per heavy atom. The van der Waals surface area contributed by atoms with Gasteiger partial charge in [0.15, 0.2) is 0 Å². The van der Waals surface area contributed by atoms with E-state index in [-0.39, 0.29) is 5.41 Å². The molecule has 0 atom stereocenters. The zero-order valence-corrected chi connectivity index (χ0v) is 33.0. The fraction of sp³-hybridized carbons (Fsp3) is 0.0526. The van der Waals surface area contributed by atoms with Crippen LogP contribution in [0.5, 0.6) is 0 Å². The Balaban J connectivity index is 0.977. The molecule has 0 unspecified atom stereocenters. The Labute approximate surface area is 344 Å². The van der Waals surface area contributed by atoms with Crippen molar-refractivity contribution >= 4 is 55.2 Å². The maximum atomic E-state index is 2.49. The predicted molar refractivity (Wildman–Crippen MR) is 250 cm³/mol. The lowest BCUT2D eigenvalue weighted by molar-refractivity contribution is 0.660. The first-order valence-corrected chi connectivity index (χ1v) is 20.6. The minimum Gasteiger partial charge on any atom is -0.311 e. The minimum absolute atomic E-state index is 0.0392. The van der Waals surface area contributed by atoms with Crippen molar-refractivity contribution in [1.82, 2.24) is 4.40 Å². The zero-order chi connectivity index (χ0) is 39.2. The number of hydrogen-bond donors (Lipinski definition) is 0. The quantitative estimate of drug-likeness (QED) is 0.164. The molecule has 0 amide bonds. The molecule has 1 aliphatic carbocycles. The van der Waals surface area contributed by atoms with Crippen LogP contribution in [0.2, 0.25) is 0 Å². The molecule has 11 aromatic rings. The largest absolute Gasteiger partial charge is 0.311 e. The van der Waals surface area contributed by atoms with Crippen LogP contribution >= 0.6 is 0 Å². The molecule has 0 radical (unpaired) electrons. The molecule has 9 aromatic carbocycles. The fourth-order valence-electron chi connectivity index (χ4n) is 10.2. The van der Waals surface area contributed by atoms with Gasteiger partial charge in [-0.15, -0.1) is 0 Å². The highest BCUT2D eigenvalue weighted by molar-refractivity contribution is 6.25. The number of hydrogen-bond acceptors (Lipinski definition) is 1. The Morgan fingerprint density at radius 1 is 0.339 bits per heavy atom. The van der Waals surface area contributed by atoms with Crippen LogP contribution in [0.15, 0.2) is 206 Å². The number of benzene rings is 9. The summed E-state index contributed by atoms with van der Waals surface area (Å²) in [6.07, 6.45) is 0. The van der Waals surface area contributed by atoms with Gasteiger partial charge in [0.1, 0.15) is 0 Å². The average Bonchev–Trinajstić information content (AvgIpc) is 3.90. The topological polar surface area (TPSA) is 7.65 Å². The van der Waals surface area contributed by atoms with Crippen LogP contribution in [0.3, 0.4) is 0 Å².